The van der Waals surface area contributed by atoms with E-state index < -0.39 is 5.97 Å². The third-order valence-corrected chi connectivity index (χ3v) is 5.98. The monoisotopic (exact) mass is 411 g/mol. The van der Waals surface area contributed by atoms with E-state index in [1.807, 2.05) is 6.92 Å². The highest BCUT2D eigenvalue weighted by Crippen LogP contribution is 2.31. The number of nitrogens with zero attached hydrogens (tertiary/aromatic N) is 1. The minimum absolute atomic E-state index is 0.0842. The maximum absolute atomic E-state index is 12.8. The number of amides is 1. The van der Waals surface area contributed by atoms with Crippen LogP contribution in [0.5, 0.6) is 0 Å². The summed E-state index contributed by atoms with van der Waals surface area (Å²) >= 11 is 8.42. The summed E-state index contributed by atoms with van der Waals surface area (Å²) in [6, 6.07) is 7.02. The van der Waals surface area contributed by atoms with Crippen LogP contribution in [0.4, 0.5) is 5.69 Å². The minimum atomic E-state index is -0.549. The molecule has 8 heteroatoms. The highest BCUT2D eigenvalue weighted by molar-refractivity contribution is 8.14. The van der Waals surface area contributed by atoms with Crippen molar-refractivity contribution in [2.45, 2.75) is 13.8 Å². The number of anilines is 1. The van der Waals surface area contributed by atoms with Crippen LogP contribution in [0, 0.1) is 13.8 Å². The molecule has 0 bridgehead atoms. The van der Waals surface area contributed by atoms with Crippen LogP contribution in [0.2, 0.25) is 5.02 Å². The van der Waals surface area contributed by atoms with E-state index in [9.17, 15) is 14.4 Å². The molecule has 0 fully saturated rings. The molecule has 26 heavy (non-hydrogen) atoms. The SMILES string of the molecule is COC(=O)CN(C(=O)CSC(=O)c1cccs1)c1c(C)ccc(Cl)c1C. The molecule has 0 unspecified atom stereocenters. The van der Waals surface area contributed by atoms with E-state index in [2.05, 4.69) is 0 Å². The van der Waals surface area contributed by atoms with E-state index in [0.717, 1.165) is 17.3 Å². The highest BCUT2D eigenvalue weighted by Gasteiger charge is 2.24. The smallest absolute Gasteiger partial charge is 0.325 e. The van der Waals surface area contributed by atoms with Gasteiger partial charge in [-0.3, -0.25) is 19.3 Å². The van der Waals surface area contributed by atoms with E-state index in [1.165, 1.54) is 23.3 Å². The molecular formula is C18H18ClNO4S2. The zero-order valence-electron chi connectivity index (χ0n) is 14.6. The summed E-state index contributed by atoms with van der Waals surface area (Å²) < 4.78 is 4.71. The molecule has 0 aliphatic heterocycles. The summed E-state index contributed by atoms with van der Waals surface area (Å²) in [5.41, 5.74) is 2.06. The summed E-state index contributed by atoms with van der Waals surface area (Å²) in [7, 11) is 1.26. The first-order chi connectivity index (χ1) is 12.3. The van der Waals surface area contributed by atoms with Crippen LogP contribution < -0.4 is 4.90 Å². The fourth-order valence-corrected chi connectivity index (χ4v) is 4.03. The van der Waals surface area contributed by atoms with E-state index in [-0.39, 0.29) is 23.3 Å². The van der Waals surface area contributed by atoms with Crippen LogP contribution >= 0.6 is 34.7 Å². The Kier molecular flexibility index (Phi) is 7.25. The predicted molar refractivity (Wildman–Crippen MR) is 106 cm³/mol. The fraction of sp³-hybridized carbons (Fsp3) is 0.278. The van der Waals surface area contributed by atoms with Gasteiger partial charge in [0.2, 0.25) is 11.0 Å². The van der Waals surface area contributed by atoms with Gasteiger partial charge in [0.25, 0.3) is 0 Å². The maximum atomic E-state index is 12.8. The number of hydrogen-bond donors (Lipinski definition) is 0. The van der Waals surface area contributed by atoms with Gasteiger partial charge in [-0.15, -0.1) is 11.3 Å². The van der Waals surface area contributed by atoms with E-state index in [4.69, 9.17) is 16.3 Å². The third-order valence-electron chi connectivity index (χ3n) is 3.70. The second kappa shape index (κ2) is 9.21. The highest BCUT2D eigenvalue weighted by atomic mass is 35.5. The van der Waals surface area contributed by atoms with Gasteiger partial charge in [0, 0.05) is 5.02 Å². The molecule has 0 saturated carbocycles. The lowest BCUT2D eigenvalue weighted by molar-refractivity contribution is -0.139. The van der Waals surface area contributed by atoms with Crippen LogP contribution in [-0.4, -0.2) is 36.4 Å². The largest absolute Gasteiger partial charge is 0.468 e. The molecule has 5 nitrogen and oxygen atoms in total. The molecule has 1 aromatic heterocycles. The molecule has 0 radical (unpaired) electrons. The molecule has 0 atom stereocenters. The number of ether oxygens (including phenoxy) is 1. The van der Waals surface area contributed by atoms with Crippen molar-refractivity contribution in [3.05, 3.63) is 50.7 Å². The fourth-order valence-electron chi connectivity index (χ4n) is 2.38. The number of thioether (sulfide) groups is 1. The molecule has 0 spiro atoms. The first-order valence-corrected chi connectivity index (χ1v) is 9.93. The van der Waals surface area contributed by atoms with Crippen molar-refractivity contribution >= 4 is 57.4 Å². The molecule has 1 amide bonds. The van der Waals surface area contributed by atoms with Crippen LogP contribution in [0.1, 0.15) is 20.8 Å². The number of carbonyl (C=O) groups is 3. The van der Waals surface area contributed by atoms with Gasteiger partial charge in [-0.25, -0.2) is 0 Å². The first-order valence-electron chi connectivity index (χ1n) is 7.68. The van der Waals surface area contributed by atoms with Gasteiger partial charge >= 0.3 is 5.97 Å². The molecule has 1 aromatic carbocycles. The molecular weight excluding hydrogens is 394 g/mol. The van der Waals surface area contributed by atoms with Crippen molar-refractivity contribution in [1.29, 1.82) is 0 Å². The Morgan fingerprint density at radius 2 is 1.96 bits per heavy atom. The summed E-state index contributed by atoms with van der Waals surface area (Å²) in [6.45, 7) is 3.37. The molecule has 0 saturated heterocycles. The van der Waals surface area contributed by atoms with Gasteiger partial charge in [-0.1, -0.05) is 35.5 Å². The molecule has 2 rings (SSSR count). The summed E-state index contributed by atoms with van der Waals surface area (Å²) in [5.74, 6) is -0.996. The summed E-state index contributed by atoms with van der Waals surface area (Å²) in [4.78, 5) is 38.6. The molecule has 0 aliphatic carbocycles. The molecule has 1 heterocycles. The predicted octanol–water partition coefficient (Wildman–Crippen LogP) is 4.10. The Balaban J connectivity index is 2.24. The number of methoxy groups -OCH3 is 1. The number of aryl methyl sites for hydroxylation is 1. The normalized spacial score (nSPS) is 10.5. The number of hydrogen-bond acceptors (Lipinski definition) is 6. The van der Waals surface area contributed by atoms with Crippen molar-refractivity contribution in [2.24, 2.45) is 0 Å². The van der Waals surface area contributed by atoms with Gasteiger partial charge < -0.3 is 4.74 Å². The average molecular weight is 412 g/mol. The number of rotatable bonds is 6. The number of thiophene rings is 1. The molecule has 0 N–H and O–H groups in total. The van der Waals surface area contributed by atoms with Crippen LogP contribution in [0.25, 0.3) is 0 Å². The number of halogens is 1. The Morgan fingerprint density at radius 3 is 2.58 bits per heavy atom. The Labute approximate surface area is 165 Å². The first kappa shape index (κ1) is 20.5. The summed E-state index contributed by atoms with van der Waals surface area (Å²) in [6.07, 6.45) is 0. The topological polar surface area (TPSA) is 63.7 Å². The van der Waals surface area contributed by atoms with Crippen molar-refractivity contribution in [1.82, 2.24) is 0 Å². The minimum Gasteiger partial charge on any atom is -0.468 e. The van der Waals surface area contributed by atoms with E-state index >= 15 is 0 Å². The lowest BCUT2D eigenvalue weighted by Crippen LogP contribution is -2.38. The third kappa shape index (κ3) is 4.87. The van der Waals surface area contributed by atoms with Gasteiger partial charge in [0.05, 0.1) is 23.4 Å². The van der Waals surface area contributed by atoms with Crippen molar-refractivity contribution in [3.8, 4) is 0 Å². The van der Waals surface area contributed by atoms with Gasteiger partial charge in [-0.05, 0) is 42.5 Å². The molecule has 138 valence electrons. The maximum Gasteiger partial charge on any atom is 0.325 e. The molecule has 0 aliphatic rings. The Morgan fingerprint density at radius 1 is 1.23 bits per heavy atom. The van der Waals surface area contributed by atoms with Gasteiger partial charge in [0.1, 0.15) is 6.54 Å². The van der Waals surface area contributed by atoms with Crippen LogP contribution in [0.3, 0.4) is 0 Å². The number of carbonyl (C=O) groups excluding carboxylic acids is 3. The lowest BCUT2D eigenvalue weighted by Gasteiger charge is -2.25. The van der Waals surface area contributed by atoms with E-state index in [0.29, 0.717) is 21.2 Å². The van der Waals surface area contributed by atoms with Gasteiger partial charge in [-0.2, -0.15) is 0 Å². The van der Waals surface area contributed by atoms with Crippen molar-refractivity contribution in [3.63, 3.8) is 0 Å². The van der Waals surface area contributed by atoms with Crippen LogP contribution in [0.15, 0.2) is 29.6 Å². The number of esters is 1. The summed E-state index contributed by atoms with van der Waals surface area (Å²) in [5, 5.41) is 2.12. The average Bonchev–Trinajstić information content (AvgIpc) is 3.16. The zero-order chi connectivity index (χ0) is 19.3. The zero-order valence-corrected chi connectivity index (χ0v) is 17.0. The van der Waals surface area contributed by atoms with Crippen LogP contribution in [-0.2, 0) is 14.3 Å². The number of benzene rings is 1. The quantitative estimate of drug-likeness (QED) is 0.669. The van der Waals surface area contributed by atoms with Crippen molar-refractivity contribution in [2.75, 3.05) is 24.3 Å². The Bertz CT molecular complexity index is 821. The second-order valence-corrected chi connectivity index (χ2v) is 7.75. The van der Waals surface area contributed by atoms with E-state index in [1.54, 1.807) is 36.6 Å². The Hall–Kier alpha value is -1.83. The molecule has 2 aromatic rings. The van der Waals surface area contributed by atoms with Gasteiger partial charge in [0.15, 0.2) is 0 Å². The second-order valence-electron chi connectivity index (χ2n) is 5.45. The standard InChI is InChI=1S/C18H18ClNO4S2/c1-11-6-7-13(19)12(2)17(11)20(9-16(22)24-3)15(21)10-26-18(23)14-5-4-8-25-14/h4-8H,9-10H2,1-3H3. The van der Waals surface area contributed by atoms with Crippen molar-refractivity contribution < 1.29 is 19.1 Å². The lowest BCUT2D eigenvalue weighted by atomic mass is 10.1.